The summed E-state index contributed by atoms with van der Waals surface area (Å²) in [4.78, 5) is 13.3. The first-order valence-electron chi connectivity index (χ1n) is 11.2. The number of fused-ring (bicyclic) bond motifs is 1. The van der Waals surface area contributed by atoms with Gasteiger partial charge in [-0.15, -0.1) is 0 Å². The molecule has 35 heavy (non-hydrogen) atoms. The summed E-state index contributed by atoms with van der Waals surface area (Å²) in [6.07, 6.45) is 0. The Kier molecular flexibility index (Phi) is 7.28. The van der Waals surface area contributed by atoms with Crippen LogP contribution in [0.2, 0.25) is 0 Å². The number of sulfonamides is 1. The molecule has 0 fully saturated rings. The maximum Gasteiger partial charge on any atom is 0.338 e. The smallest absolute Gasteiger partial charge is 0.338 e. The lowest BCUT2D eigenvalue weighted by atomic mass is 9.89. The number of nitrogens with one attached hydrogen (secondary N) is 1. The average molecular weight is 552 g/mol. The number of hydrogen-bond donors (Lipinski definition) is 1. The molecule has 4 aromatic rings. The second-order valence-electron chi connectivity index (χ2n) is 8.46. The first kappa shape index (κ1) is 24.9. The summed E-state index contributed by atoms with van der Waals surface area (Å²) in [5.41, 5.74) is 4.80. The summed E-state index contributed by atoms with van der Waals surface area (Å²) in [7, 11) is -3.87. The van der Waals surface area contributed by atoms with Crippen LogP contribution in [0.4, 0.5) is 5.69 Å². The Labute approximate surface area is 214 Å². The third kappa shape index (κ3) is 5.26. The van der Waals surface area contributed by atoms with E-state index in [1.54, 1.807) is 36.4 Å². The predicted octanol–water partition coefficient (Wildman–Crippen LogP) is 6.78. The van der Waals surface area contributed by atoms with E-state index < -0.39 is 16.0 Å². The predicted molar refractivity (Wildman–Crippen MR) is 145 cm³/mol. The number of hydrogen-bond acceptors (Lipinski definition) is 4. The van der Waals surface area contributed by atoms with Gasteiger partial charge in [0.2, 0.25) is 0 Å². The first-order chi connectivity index (χ1) is 16.7. The van der Waals surface area contributed by atoms with Crippen LogP contribution in [-0.2, 0) is 14.8 Å². The normalized spacial score (nSPS) is 11.4. The highest BCUT2D eigenvalue weighted by Crippen LogP contribution is 2.40. The van der Waals surface area contributed by atoms with Gasteiger partial charge in [-0.05, 0) is 66.9 Å². The van der Waals surface area contributed by atoms with Gasteiger partial charge in [-0.3, -0.25) is 4.72 Å². The van der Waals surface area contributed by atoms with Crippen molar-refractivity contribution in [2.45, 2.75) is 25.7 Å². The van der Waals surface area contributed by atoms with Gasteiger partial charge in [0, 0.05) is 16.5 Å². The molecule has 7 heteroatoms. The fourth-order valence-electron chi connectivity index (χ4n) is 4.22. The molecule has 0 aromatic heterocycles. The van der Waals surface area contributed by atoms with E-state index in [2.05, 4.69) is 20.7 Å². The Hall–Kier alpha value is -3.16. The number of rotatable bonds is 7. The highest BCUT2D eigenvalue weighted by atomic mass is 79.9. The molecule has 0 heterocycles. The minimum absolute atomic E-state index is 0.170. The van der Waals surface area contributed by atoms with Gasteiger partial charge in [-0.1, -0.05) is 70.0 Å². The summed E-state index contributed by atoms with van der Waals surface area (Å²) in [6.45, 7) is 5.96. The number of carbonyl (C=O) groups excluding carboxylic acids is 1. The number of benzene rings is 4. The minimum atomic E-state index is -3.87. The molecule has 4 aromatic carbocycles. The van der Waals surface area contributed by atoms with Crippen LogP contribution in [0.15, 0.2) is 77.7 Å². The molecular formula is C28H26BrNO4S. The van der Waals surface area contributed by atoms with E-state index in [-0.39, 0.29) is 11.5 Å². The molecule has 0 bridgehead atoms. The highest BCUT2D eigenvalue weighted by Gasteiger charge is 2.24. The van der Waals surface area contributed by atoms with Crippen molar-refractivity contribution < 1.29 is 17.9 Å². The van der Waals surface area contributed by atoms with E-state index in [4.69, 9.17) is 4.74 Å². The molecule has 1 N–H and O–H groups in total. The zero-order chi connectivity index (χ0) is 25.2. The lowest BCUT2D eigenvalue weighted by molar-refractivity contribution is 0.0532. The number of anilines is 1. The number of carbonyl (C=O) groups is 1. The van der Waals surface area contributed by atoms with E-state index in [0.29, 0.717) is 27.7 Å². The molecule has 0 radical (unpaired) electrons. The number of ether oxygens (including phenoxy) is 1. The van der Waals surface area contributed by atoms with Crippen LogP contribution in [0.5, 0.6) is 0 Å². The second kappa shape index (κ2) is 10.2. The molecule has 0 atom stereocenters. The lowest BCUT2D eigenvalue weighted by Gasteiger charge is -2.20. The summed E-state index contributed by atoms with van der Waals surface area (Å²) >= 11 is 3.29. The number of aryl methyl sites for hydroxylation is 3. The topological polar surface area (TPSA) is 72.5 Å². The Morgan fingerprint density at radius 1 is 0.886 bits per heavy atom. The van der Waals surface area contributed by atoms with Crippen LogP contribution in [-0.4, -0.2) is 26.3 Å². The quantitative estimate of drug-likeness (QED) is 0.203. The van der Waals surface area contributed by atoms with Crippen molar-refractivity contribution in [3.05, 3.63) is 95.1 Å². The third-order valence-electron chi connectivity index (χ3n) is 5.76. The Morgan fingerprint density at radius 2 is 1.60 bits per heavy atom. The van der Waals surface area contributed by atoms with Gasteiger partial charge in [-0.25, -0.2) is 13.2 Å². The molecular weight excluding hydrogens is 526 g/mol. The molecule has 0 unspecified atom stereocenters. The van der Waals surface area contributed by atoms with Gasteiger partial charge in [0.15, 0.2) is 0 Å². The van der Waals surface area contributed by atoms with Crippen LogP contribution in [0.3, 0.4) is 0 Å². The Morgan fingerprint density at radius 3 is 2.31 bits per heavy atom. The molecule has 0 amide bonds. The van der Waals surface area contributed by atoms with Crippen LogP contribution in [0.25, 0.3) is 21.9 Å². The highest BCUT2D eigenvalue weighted by molar-refractivity contribution is 9.09. The standard InChI is InChI=1S/C28H26BrNO4S/c1-18-8-11-22(12-9-18)35(32,33)30-25-17-19(2)16-20(3)26(25)27-23-7-5-4-6-21(23)10-13-24(27)28(31)34-15-14-29/h4-13,16-17,30H,14-15H2,1-3H3. The zero-order valence-corrected chi connectivity index (χ0v) is 22.2. The Bertz CT molecular complexity index is 1510. The first-order valence-corrected chi connectivity index (χ1v) is 13.8. The molecule has 0 saturated carbocycles. The van der Waals surface area contributed by atoms with Crippen molar-refractivity contribution >= 4 is 48.4 Å². The van der Waals surface area contributed by atoms with E-state index in [0.717, 1.165) is 27.5 Å². The largest absolute Gasteiger partial charge is 0.461 e. The van der Waals surface area contributed by atoms with Crippen molar-refractivity contribution in [1.29, 1.82) is 0 Å². The lowest BCUT2D eigenvalue weighted by Crippen LogP contribution is -2.15. The third-order valence-corrected chi connectivity index (χ3v) is 7.47. The van der Waals surface area contributed by atoms with Gasteiger partial charge < -0.3 is 4.74 Å². The fourth-order valence-corrected chi connectivity index (χ4v) is 5.45. The van der Waals surface area contributed by atoms with Crippen molar-refractivity contribution in [3.8, 4) is 11.1 Å². The molecule has 0 saturated heterocycles. The van der Waals surface area contributed by atoms with Gasteiger partial charge in [0.1, 0.15) is 6.61 Å². The number of halogens is 1. The molecule has 4 rings (SSSR count). The fraction of sp³-hybridized carbons (Fsp3) is 0.179. The summed E-state index contributed by atoms with van der Waals surface area (Å²) in [5, 5.41) is 2.29. The molecule has 0 aliphatic heterocycles. The van der Waals surface area contributed by atoms with E-state index >= 15 is 0 Å². The van der Waals surface area contributed by atoms with Crippen LogP contribution in [0, 0.1) is 20.8 Å². The van der Waals surface area contributed by atoms with Crippen molar-refractivity contribution in [2.75, 3.05) is 16.7 Å². The van der Waals surface area contributed by atoms with E-state index in [9.17, 15) is 13.2 Å². The number of esters is 1. The second-order valence-corrected chi connectivity index (χ2v) is 10.9. The average Bonchev–Trinajstić information content (AvgIpc) is 2.82. The maximum atomic E-state index is 13.3. The molecule has 0 spiro atoms. The Balaban J connectivity index is 1.96. The SMILES string of the molecule is Cc1ccc(S(=O)(=O)Nc2cc(C)cc(C)c2-c2c(C(=O)OCCBr)ccc3ccccc23)cc1. The summed E-state index contributed by atoms with van der Waals surface area (Å²) in [5.74, 6) is -0.461. The van der Waals surface area contributed by atoms with Gasteiger partial charge in [-0.2, -0.15) is 0 Å². The van der Waals surface area contributed by atoms with Gasteiger partial charge in [0.05, 0.1) is 16.1 Å². The maximum absolute atomic E-state index is 13.3. The minimum Gasteiger partial charge on any atom is -0.461 e. The van der Waals surface area contributed by atoms with E-state index in [1.807, 2.05) is 57.2 Å². The van der Waals surface area contributed by atoms with E-state index in [1.165, 1.54) is 0 Å². The molecule has 0 aliphatic carbocycles. The van der Waals surface area contributed by atoms with Gasteiger partial charge >= 0.3 is 5.97 Å². The molecule has 0 aliphatic rings. The van der Waals surface area contributed by atoms with Crippen LogP contribution < -0.4 is 4.72 Å². The van der Waals surface area contributed by atoms with Crippen LogP contribution >= 0.6 is 15.9 Å². The van der Waals surface area contributed by atoms with Gasteiger partial charge in [0.25, 0.3) is 10.0 Å². The summed E-state index contributed by atoms with van der Waals surface area (Å²) < 4.78 is 34.9. The van der Waals surface area contributed by atoms with Crippen molar-refractivity contribution in [2.24, 2.45) is 0 Å². The zero-order valence-electron chi connectivity index (χ0n) is 19.8. The molecule has 180 valence electrons. The summed E-state index contributed by atoms with van der Waals surface area (Å²) in [6, 6.07) is 21.8. The monoisotopic (exact) mass is 551 g/mol. The van der Waals surface area contributed by atoms with Crippen molar-refractivity contribution in [1.82, 2.24) is 0 Å². The number of alkyl halides is 1. The van der Waals surface area contributed by atoms with Crippen molar-refractivity contribution in [3.63, 3.8) is 0 Å². The van der Waals surface area contributed by atoms with Crippen LogP contribution in [0.1, 0.15) is 27.0 Å². The molecule has 5 nitrogen and oxygen atoms in total.